The number of rotatable bonds is 3. The van der Waals surface area contributed by atoms with E-state index >= 15 is 0 Å². The summed E-state index contributed by atoms with van der Waals surface area (Å²) in [5.74, 6) is 0.324. The lowest BCUT2D eigenvalue weighted by Gasteiger charge is -2.17. The smallest absolute Gasteiger partial charge is 0.337 e. The molecule has 3 rings (SSSR count). The molecule has 1 aromatic carbocycles. The van der Waals surface area contributed by atoms with Crippen LogP contribution in [0.4, 0.5) is 11.9 Å². The molecule has 0 radical (unpaired) electrons. The number of halogens is 1. The number of carbonyl (C=O) groups excluding carboxylic acids is 1. The lowest BCUT2D eigenvalue weighted by atomic mass is 10.1. The highest BCUT2D eigenvalue weighted by Crippen LogP contribution is 2.29. The number of nitrogen functional groups attached to an aromatic ring is 2. The van der Waals surface area contributed by atoms with Gasteiger partial charge >= 0.3 is 5.97 Å². The Hall–Kier alpha value is -2.68. The summed E-state index contributed by atoms with van der Waals surface area (Å²) < 4.78 is 11.6. The molecule has 1 aromatic heterocycles. The van der Waals surface area contributed by atoms with Crippen molar-refractivity contribution in [1.29, 1.82) is 0 Å². The molecule has 0 saturated carbocycles. The van der Waals surface area contributed by atoms with Gasteiger partial charge in [0.15, 0.2) is 12.4 Å². The van der Waals surface area contributed by atoms with Crippen molar-refractivity contribution in [3.63, 3.8) is 0 Å². The van der Waals surface area contributed by atoms with E-state index in [0.29, 0.717) is 11.3 Å². The lowest BCUT2D eigenvalue weighted by Crippen LogP contribution is -2.18. The molecule has 0 aliphatic carbocycles. The van der Waals surface area contributed by atoms with Crippen LogP contribution in [0.25, 0.3) is 6.08 Å². The maximum atomic E-state index is 12.1. The van der Waals surface area contributed by atoms with Gasteiger partial charge in [-0.15, -0.1) is 0 Å². The van der Waals surface area contributed by atoms with Gasteiger partial charge in [0.2, 0.25) is 11.9 Å². The molecule has 0 spiro atoms. The third-order valence-corrected chi connectivity index (χ3v) is 3.49. The van der Waals surface area contributed by atoms with Gasteiger partial charge in [0.25, 0.3) is 0 Å². The Morgan fingerprint density at radius 2 is 2.00 bits per heavy atom. The van der Waals surface area contributed by atoms with E-state index in [2.05, 4.69) is 30.9 Å². The SMILES string of the molecule is Nc1nc(N)nc(COC(=O)C2=Cc3cc(Br)ccc3OC2)n1. The van der Waals surface area contributed by atoms with Gasteiger partial charge in [-0.3, -0.25) is 0 Å². The second-order valence-electron chi connectivity index (χ2n) is 4.68. The van der Waals surface area contributed by atoms with Crippen LogP contribution in [0.15, 0.2) is 28.2 Å². The average Bonchev–Trinajstić information content (AvgIpc) is 2.51. The van der Waals surface area contributed by atoms with Crippen LogP contribution in [0.5, 0.6) is 5.75 Å². The Morgan fingerprint density at radius 3 is 2.74 bits per heavy atom. The average molecular weight is 378 g/mol. The predicted molar refractivity (Wildman–Crippen MR) is 86.1 cm³/mol. The molecule has 0 atom stereocenters. The second-order valence-corrected chi connectivity index (χ2v) is 5.60. The molecular weight excluding hydrogens is 366 g/mol. The molecule has 0 saturated heterocycles. The minimum atomic E-state index is -0.520. The number of ether oxygens (including phenoxy) is 2. The third-order valence-electron chi connectivity index (χ3n) is 3.00. The van der Waals surface area contributed by atoms with E-state index in [0.717, 1.165) is 10.0 Å². The molecule has 0 fully saturated rings. The van der Waals surface area contributed by atoms with Crippen LogP contribution in [0.3, 0.4) is 0 Å². The van der Waals surface area contributed by atoms with Gasteiger partial charge in [0.05, 0.1) is 5.57 Å². The molecule has 0 bridgehead atoms. The summed E-state index contributed by atoms with van der Waals surface area (Å²) in [4.78, 5) is 23.4. The third kappa shape index (κ3) is 3.57. The number of hydrogen-bond donors (Lipinski definition) is 2. The highest BCUT2D eigenvalue weighted by Gasteiger charge is 2.19. The number of carbonyl (C=O) groups is 1. The Bertz CT molecular complexity index is 789. The van der Waals surface area contributed by atoms with Crippen LogP contribution < -0.4 is 16.2 Å². The zero-order valence-electron chi connectivity index (χ0n) is 11.8. The van der Waals surface area contributed by atoms with Gasteiger partial charge in [-0.25, -0.2) is 4.79 Å². The van der Waals surface area contributed by atoms with E-state index in [4.69, 9.17) is 20.9 Å². The lowest BCUT2D eigenvalue weighted by molar-refractivity contribution is -0.140. The first-order valence-electron chi connectivity index (χ1n) is 6.57. The Kier molecular flexibility index (Phi) is 4.11. The number of nitrogens with zero attached hydrogens (tertiary/aromatic N) is 3. The van der Waals surface area contributed by atoms with Gasteiger partial charge in [-0.05, 0) is 24.3 Å². The van der Waals surface area contributed by atoms with E-state index < -0.39 is 5.97 Å². The fraction of sp³-hybridized carbons (Fsp3) is 0.143. The van der Waals surface area contributed by atoms with Crippen LogP contribution in [0, 0.1) is 0 Å². The van der Waals surface area contributed by atoms with E-state index in [9.17, 15) is 4.79 Å². The minimum absolute atomic E-state index is 0.0254. The van der Waals surface area contributed by atoms with Crippen molar-refractivity contribution in [2.75, 3.05) is 18.1 Å². The number of hydrogen-bond acceptors (Lipinski definition) is 8. The van der Waals surface area contributed by atoms with Crippen LogP contribution in [0.1, 0.15) is 11.4 Å². The van der Waals surface area contributed by atoms with Gasteiger partial charge in [-0.2, -0.15) is 15.0 Å². The number of anilines is 2. The van der Waals surface area contributed by atoms with Crippen molar-refractivity contribution in [2.24, 2.45) is 0 Å². The topological polar surface area (TPSA) is 126 Å². The van der Waals surface area contributed by atoms with E-state index in [1.165, 1.54) is 0 Å². The number of benzene rings is 1. The van der Waals surface area contributed by atoms with Crippen molar-refractivity contribution in [3.8, 4) is 5.75 Å². The molecule has 1 aliphatic rings. The van der Waals surface area contributed by atoms with Crippen LogP contribution in [0.2, 0.25) is 0 Å². The molecule has 2 aromatic rings. The first kappa shape index (κ1) is 15.2. The van der Waals surface area contributed by atoms with Crippen molar-refractivity contribution in [2.45, 2.75) is 6.61 Å². The first-order chi connectivity index (χ1) is 11.0. The summed E-state index contributed by atoms with van der Waals surface area (Å²) in [7, 11) is 0. The largest absolute Gasteiger partial charge is 0.488 e. The van der Waals surface area contributed by atoms with Gasteiger partial charge in [0, 0.05) is 10.0 Å². The number of aromatic nitrogens is 3. The second kappa shape index (κ2) is 6.21. The summed E-state index contributed by atoms with van der Waals surface area (Å²) in [5, 5.41) is 0. The summed E-state index contributed by atoms with van der Waals surface area (Å²) in [6.45, 7) is -0.0205. The van der Waals surface area contributed by atoms with Crippen molar-refractivity contribution < 1.29 is 14.3 Å². The molecule has 1 aliphatic heterocycles. The number of nitrogens with two attached hydrogens (primary N) is 2. The summed E-state index contributed by atoms with van der Waals surface area (Å²) in [6.07, 6.45) is 1.72. The zero-order valence-corrected chi connectivity index (χ0v) is 13.4. The summed E-state index contributed by atoms with van der Waals surface area (Å²) in [6, 6.07) is 5.55. The number of fused-ring (bicyclic) bond motifs is 1. The van der Waals surface area contributed by atoms with Gasteiger partial charge in [-0.1, -0.05) is 15.9 Å². The summed E-state index contributed by atoms with van der Waals surface area (Å²) in [5.41, 5.74) is 12.1. The molecular formula is C14H12BrN5O3. The van der Waals surface area contributed by atoms with Crippen molar-refractivity contribution >= 4 is 39.9 Å². The predicted octanol–water partition coefficient (Wildman–Crippen LogP) is 1.32. The molecule has 23 heavy (non-hydrogen) atoms. The van der Waals surface area contributed by atoms with Crippen LogP contribution >= 0.6 is 15.9 Å². The van der Waals surface area contributed by atoms with Crippen LogP contribution in [-0.4, -0.2) is 27.5 Å². The molecule has 118 valence electrons. The Labute approximate surface area is 139 Å². The highest BCUT2D eigenvalue weighted by atomic mass is 79.9. The standard InChI is InChI=1S/C14H12BrN5O3/c15-9-1-2-10-7(4-9)3-8(5-22-10)12(21)23-6-11-18-13(16)20-14(17)19-11/h1-4H,5-6H2,(H4,16,17,18,19,20). The maximum Gasteiger partial charge on any atom is 0.337 e. The van der Waals surface area contributed by atoms with E-state index in [-0.39, 0.29) is 30.9 Å². The zero-order chi connectivity index (χ0) is 16.4. The monoisotopic (exact) mass is 377 g/mol. The van der Waals surface area contributed by atoms with Crippen molar-refractivity contribution in [3.05, 3.63) is 39.6 Å². The van der Waals surface area contributed by atoms with Gasteiger partial charge in [0.1, 0.15) is 12.4 Å². The fourth-order valence-corrected chi connectivity index (χ4v) is 2.39. The van der Waals surface area contributed by atoms with Crippen molar-refractivity contribution in [1.82, 2.24) is 15.0 Å². The van der Waals surface area contributed by atoms with Crippen LogP contribution in [-0.2, 0) is 16.1 Å². The van der Waals surface area contributed by atoms with E-state index in [1.807, 2.05) is 18.2 Å². The molecule has 2 heterocycles. The molecule has 8 nitrogen and oxygen atoms in total. The van der Waals surface area contributed by atoms with E-state index in [1.54, 1.807) is 6.08 Å². The molecule has 0 unspecified atom stereocenters. The molecule has 0 amide bonds. The first-order valence-corrected chi connectivity index (χ1v) is 7.36. The van der Waals surface area contributed by atoms with Gasteiger partial charge < -0.3 is 20.9 Å². The molecule has 9 heteroatoms. The summed E-state index contributed by atoms with van der Waals surface area (Å²) >= 11 is 3.38. The highest BCUT2D eigenvalue weighted by molar-refractivity contribution is 9.10. The normalized spacial score (nSPS) is 12.8. The Balaban J connectivity index is 1.71. The maximum absolute atomic E-state index is 12.1. The molecule has 4 N–H and O–H groups in total. The minimum Gasteiger partial charge on any atom is -0.488 e. The number of esters is 1. The quantitative estimate of drug-likeness (QED) is 0.766. The Morgan fingerprint density at radius 1 is 1.26 bits per heavy atom. The fourth-order valence-electron chi connectivity index (χ4n) is 2.01.